The Hall–Kier alpha value is -0.0800. The van der Waals surface area contributed by atoms with Gasteiger partial charge in [-0.1, -0.05) is 6.92 Å². The molecule has 1 aliphatic heterocycles. The van der Waals surface area contributed by atoms with Crippen LogP contribution in [-0.2, 0) is 0 Å². The van der Waals surface area contributed by atoms with Crippen LogP contribution in [0.3, 0.4) is 0 Å². The molecule has 0 bridgehead atoms. The van der Waals surface area contributed by atoms with Crippen molar-refractivity contribution in [3.63, 3.8) is 0 Å². The van der Waals surface area contributed by atoms with Crippen molar-refractivity contribution in [2.45, 2.75) is 25.8 Å². The molecular formula is C8H20N2. The van der Waals surface area contributed by atoms with E-state index in [0.717, 1.165) is 12.6 Å². The van der Waals surface area contributed by atoms with Crippen molar-refractivity contribution in [2.75, 3.05) is 26.7 Å². The first-order valence-electron chi connectivity index (χ1n) is 4.25. The van der Waals surface area contributed by atoms with E-state index in [1.54, 1.807) is 0 Å². The van der Waals surface area contributed by atoms with Gasteiger partial charge in [-0.15, -0.1) is 0 Å². The third kappa shape index (κ3) is 2.27. The van der Waals surface area contributed by atoms with Gasteiger partial charge in [0.05, 0.1) is 0 Å². The number of nitrogens with zero attached hydrogens (tertiary/aromatic N) is 1. The minimum absolute atomic E-state index is 0. The van der Waals surface area contributed by atoms with Gasteiger partial charge in [0.15, 0.2) is 0 Å². The average molecular weight is 144 g/mol. The van der Waals surface area contributed by atoms with Crippen molar-refractivity contribution < 1.29 is 1.43 Å². The van der Waals surface area contributed by atoms with Crippen molar-refractivity contribution in [2.24, 2.45) is 0 Å². The van der Waals surface area contributed by atoms with Crippen molar-refractivity contribution >= 4 is 0 Å². The van der Waals surface area contributed by atoms with Crippen molar-refractivity contribution in [1.29, 1.82) is 0 Å². The second-order valence-electron chi connectivity index (χ2n) is 3.14. The maximum absolute atomic E-state index is 3.48. The van der Waals surface area contributed by atoms with Gasteiger partial charge in [0.1, 0.15) is 0 Å². The summed E-state index contributed by atoms with van der Waals surface area (Å²) in [4.78, 5) is 2.40. The molecule has 0 atom stereocenters. The number of nitrogens with one attached hydrogen (secondary N) is 1. The summed E-state index contributed by atoms with van der Waals surface area (Å²) in [6.07, 6.45) is 2.65. The number of hydrogen-bond acceptors (Lipinski definition) is 2. The van der Waals surface area contributed by atoms with E-state index in [1.807, 2.05) is 0 Å². The van der Waals surface area contributed by atoms with E-state index in [0.29, 0.717) is 0 Å². The summed E-state index contributed by atoms with van der Waals surface area (Å²) in [5.74, 6) is 0. The van der Waals surface area contributed by atoms with Gasteiger partial charge in [-0.25, -0.2) is 0 Å². The fraction of sp³-hybridized carbons (Fsp3) is 1.00. The maximum Gasteiger partial charge on any atom is 0.00912 e. The summed E-state index contributed by atoms with van der Waals surface area (Å²) in [7, 11) is 2.20. The summed E-state index contributed by atoms with van der Waals surface area (Å²) < 4.78 is 0. The van der Waals surface area contributed by atoms with Crippen LogP contribution in [0.2, 0.25) is 0 Å². The van der Waals surface area contributed by atoms with E-state index in [2.05, 4.69) is 24.2 Å². The summed E-state index contributed by atoms with van der Waals surface area (Å²) in [5.41, 5.74) is 0. The highest BCUT2D eigenvalue weighted by molar-refractivity contribution is 4.74. The normalized spacial score (nSPS) is 23.4. The molecule has 0 radical (unpaired) electrons. The van der Waals surface area contributed by atoms with Crippen molar-refractivity contribution in [3.8, 4) is 0 Å². The monoisotopic (exact) mass is 144 g/mol. The molecule has 62 valence electrons. The fourth-order valence-corrected chi connectivity index (χ4v) is 1.50. The van der Waals surface area contributed by atoms with Crippen LogP contribution >= 0.6 is 0 Å². The third-order valence-electron chi connectivity index (χ3n) is 2.21. The molecular weight excluding hydrogens is 124 g/mol. The van der Waals surface area contributed by atoms with E-state index in [-0.39, 0.29) is 1.43 Å². The van der Waals surface area contributed by atoms with Crippen LogP contribution < -0.4 is 5.32 Å². The Kier molecular flexibility index (Phi) is 3.16. The maximum atomic E-state index is 3.48. The molecule has 0 aromatic heterocycles. The molecule has 1 rings (SSSR count). The molecule has 1 N–H and O–H groups in total. The van der Waals surface area contributed by atoms with Crippen LogP contribution in [-0.4, -0.2) is 37.6 Å². The summed E-state index contributed by atoms with van der Waals surface area (Å²) in [6, 6.07) is 0.793. The highest BCUT2D eigenvalue weighted by Crippen LogP contribution is 2.07. The summed E-state index contributed by atoms with van der Waals surface area (Å²) in [5, 5.41) is 3.48. The molecule has 1 saturated heterocycles. The van der Waals surface area contributed by atoms with Gasteiger partial charge in [0.2, 0.25) is 0 Å². The minimum Gasteiger partial charge on any atom is -0.314 e. The zero-order valence-electron chi connectivity index (χ0n) is 7.06. The quantitative estimate of drug-likeness (QED) is 0.620. The Balaban J connectivity index is 0.000001000. The lowest BCUT2D eigenvalue weighted by atomic mass is 10.1. The predicted octanol–water partition coefficient (Wildman–Crippen LogP) is 0.936. The Morgan fingerprint density at radius 2 is 2.10 bits per heavy atom. The number of likely N-dealkylation sites (tertiary alicyclic amines) is 1. The SMILES string of the molecule is CCNC1CCN(C)CC1.[HH]. The van der Waals surface area contributed by atoms with Crippen LogP contribution in [0.5, 0.6) is 0 Å². The van der Waals surface area contributed by atoms with Crippen LogP contribution in [0.4, 0.5) is 0 Å². The largest absolute Gasteiger partial charge is 0.314 e. The van der Waals surface area contributed by atoms with Crippen LogP contribution in [0.1, 0.15) is 21.2 Å². The van der Waals surface area contributed by atoms with Gasteiger partial charge in [-0.3, -0.25) is 0 Å². The Labute approximate surface area is 65.1 Å². The topological polar surface area (TPSA) is 15.3 Å². The third-order valence-corrected chi connectivity index (χ3v) is 2.21. The molecule has 2 heteroatoms. The first kappa shape index (κ1) is 8.02. The molecule has 10 heavy (non-hydrogen) atoms. The fourth-order valence-electron chi connectivity index (χ4n) is 1.50. The second kappa shape index (κ2) is 3.94. The molecule has 0 unspecified atom stereocenters. The Bertz CT molecular complexity index is 90.1. The molecule has 2 nitrogen and oxygen atoms in total. The van der Waals surface area contributed by atoms with Gasteiger partial charge in [0, 0.05) is 7.47 Å². The standard InChI is InChI=1S/C8H18N2.H2/c1-3-9-8-4-6-10(2)7-5-8;/h8-9H,3-7H2,1-2H3;1H. The van der Waals surface area contributed by atoms with Gasteiger partial charge in [-0.05, 0) is 39.5 Å². The lowest BCUT2D eigenvalue weighted by Crippen LogP contribution is -2.40. The van der Waals surface area contributed by atoms with Gasteiger partial charge in [0.25, 0.3) is 0 Å². The highest BCUT2D eigenvalue weighted by Gasteiger charge is 2.14. The highest BCUT2D eigenvalue weighted by atomic mass is 15.1. The molecule has 0 amide bonds. The molecule has 1 aliphatic rings. The van der Waals surface area contributed by atoms with E-state index >= 15 is 0 Å². The minimum atomic E-state index is 0. The van der Waals surface area contributed by atoms with Gasteiger partial charge >= 0.3 is 0 Å². The molecule has 0 aliphatic carbocycles. The number of rotatable bonds is 2. The zero-order chi connectivity index (χ0) is 7.40. The first-order valence-corrected chi connectivity index (χ1v) is 4.25. The number of hydrogen-bond donors (Lipinski definition) is 1. The smallest absolute Gasteiger partial charge is 0.00912 e. The average Bonchev–Trinajstić information content (AvgIpc) is 1.95. The summed E-state index contributed by atoms with van der Waals surface area (Å²) in [6.45, 7) is 5.82. The van der Waals surface area contributed by atoms with Crippen LogP contribution in [0, 0.1) is 0 Å². The Morgan fingerprint density at radius 3 is 2.60 bits per heavy atom. The molecule has 0 aromatic carbocycles. The number of piperidine rings is 1. The van der Waals surface area contributed by atoms with Gasteiger partial charge in [-0.2, -0.15) is 0 Å². The predicted molar refractivity (Wildman–Crippen MR) is 46.3 cm³/mol. The molecule has 0 spiro atoms. The summed E-state index contributed by atoms with van der Waals surface area (Å²) >= 11 is 0. The molecule has 0 aromatic rings. The molecule has 1 fully saturated rings. The van der Waals surface area contributed by atoms with Crippen LogP contribution in [0.25, 0.3) is 0 Å². The zero-order valence-corrected chi connectivity index (χ0v) is 7.06. The molecule has 0 saturated carbocycles. The molecule has 1 heterocycles. The van der Waals surface area contributed by atoms with E-state index in [9.17, 15) is 0 Å². The Morgan fingerprint density at radius 1 is 1.50 bits per heavy atom. The van der Waals surface area contributed by atoms with Gasteiger partial charge < -0.3 is 10.2 Å². The second-order valence-corrected chi connectivity index (χ2v) is 3.14. The van der Waals surface area contributed by atoms with Crippen LogP contribution in [0.15, 0.2) is 0 Å². The van der Waals surface area contributed by atoms with E-state index in [4.69, 9.17) is 0 Å². The van der Waals surface area contributed by atoms with E-state index in [1.165, 1.54) is 25.9 Å². The van der Waals surface area contributed by atoms with E-state index < -0.39 is 0 Å². The first-order chi connectivity index (χ1) is 4.83. The lowest BCUT2D eigenvalue weighted by molar-refractivity contribution is 0.236. The lowest BCUT2D eigenvalue weighted by Gasteiger charge is -2.29. The van der Waals surface area contributed by atoms with Crippen molar-refractivity contribution in [1.82, 2.24) is 10.2 Å². The van der Waals surface area contributed by atoms with Crippen molar-refractivity contribution in [3.05, 3.63) is 0 Å².